The Morgan fingerprint density at radius 1 is 1.37 bits per heavy atom. The van der Waals surface area contributed by atoms with Crippen LogP contribution in [0.25, 0.3) is 0 Å². The number of hydrogen-bond acceptors (Lipinski definition) is 4. The van der Waals surface area contributed by atoms with E-state index in [4.69, 9.17) is 9.84 Å². The molecule has 1 rings (SSSR count). The Bertz CT molecular complexity index is 459. The van der Waals surface area contributed by atoms with E-state index in [9.17, 15) is 9.59 Å². The van der Waals surface area contributed by atoms with Crippen molar-refractivity contribution in [3.8, 4) is 5.75 Å². The van der Waals surface area contributed by atoms with E-state index in [0.29, 0.717) is 24.5 Å². The van der Waals surface area contributed by atoms with Crippen LogP contribution >= 0.6 is 0 Å². The Labute approximate surface area is 112 Å². The lowest BCUT2D eigenvalue weighted by molar-refractivity contribution is -0.142. The van der Waals surface area contributed by atoms with E-state index in [1.165, 1.54) is 6.92 Å². The smallest absolute Gasteiger partial charge is 0.320 e. The van der Waals surface area contributed by atoms with Gasteiger partial charge in [-0.05, 0) is 33.0 Å². The number of para-hydroxylation sites is 1. The minimum Gasteiger partial charge on any atom is -0.491 e. The van der Waals surface area contributed by atoms with E-state index in [0.717, 1.165) is 0 Å². The molecule has 1 atom stereocenters. The molecule has 1 aromatic carbocycles. The number of Topliss-reactive ketones (excluding diaryl/α,β-unsaturated/α-hetero) is 1. The van der Waals surface area contributed by atoms with Gasteiger partial charge in [0.25, 0.3) is 0 Å². The predicted molar refractivity (Wildman–Crippen MR) is 71.7 cm³/mol. The minimum absolute atomic E-state index is 0.0529. The Morgan fingerprint density at radius 2 is 2.00 bits per heavy atom. The molecule has 19 heavy (non-hydrogen) atoms. The van der Waals surface area contributed by atoms with Crippen molar-refractivity contribution in [3.63, 3.8) is 0 Å². The Morgan fingerprint density at radius 3 is 2.58 bits per heavy atom. The van der Waals surface area contributed by atoms with Gasteiger partial charge in [0, 0.05) is 6.54 Å². The van der Waals surface area contributed by atoms with Crippen molar-refractivity contribution in [2.75, 3.05) is 20.2 Å². The van der Waals surface area contributed by atoms with Crippen molar-refractivity contribution < 1.29 is 19.4 Å². The number of benzene rings is 1. The van der Waals surface area contributed by atoms with E-state index in [-0.39, 0.29) is 5.78 Å². The number of ether oxygens (including phenoxy) is 1. The number of carboxylic acid groups (broad SMARTS) is 1. The molecule has 0 fully saturated rings. The third-order valence-electron chi connectivity index (χ3n) is 2.99. The highest BCUT2D eigenvalue weighted by atomic mass is 16.5. The highest BCUT2D eigenvalue weighted by molar-refractivity contribution is 5.96. The zero-order valence-electron chi connectivity index (χ0n) is 11.4. The molecule has 5 heteroatoms. The molecular formula is C14H19NO4. The first-order valence-corrected chi connectivity index (χ1v) is 6.09. The normalized spacial score (nSPS) is 12.2. The highest BCUT2D eigenvalue weighted by Crippen LogP contribution is 2.18. The third kappa shape index (κ3) is 4.37. The maximum absolute atomic E-state index is 11.4. The number of carbonyl (C=O) groups is 2. The second-order valence-corrected chi connectivity index (χ2v) is 4.40. The van der Waals surface area contributed by atoms with Crippen molar-refractivity contribution in [2.45, 2.75) is 19.9 Å². The molecule has 0 aliphatic rings. The summed E-state index contributed by atoms with van der Waals surface area (Å²) in [5, 5.41) is 8.86. The summed E-state index contributed by atoms with van der Waals surface area (Å²) in [5.74, 6) is -0.388. The van der Waals surface area contributed by atoms with E-state index >= 15 is 0 Å². The van der Waals surface area contributed by atoms with Gasteiger partial charge in [0.15, 0.2) is 5.78 Å². The Kier molecular flexibility index (Phi) is 5.51. The fourth-order valence-electron chi connectivity index (χ4n) is 1.57. The van der Waals surface area contributed by atoms with E-state index in [1.54, 1.807) is 43.1 Å². The lowest BCUT2D eigenvalue weighted by atomic mass is 10.1. The molecular weight excluding hydrogens is 246 g/mol. The number of nitrogens with zero attached hydrogens (tertiary/aromatic N) is 1. The van der Waals surface area contributed by atoms with E-state index < -0.39 is 12.0 Å². The SMILES string of the molecule is CC(=O)c1ccccc1OCCN(C)C(C)C(=O)O. The van der Waals surface area contributed by atoms with Crippen molar-refractivity contribution in [1.29, 1.82) is 0 Å². The Balaban J connectivity index is 2.54. The van der Waals surface area contributed by atoms with Gasteiger partial charge < -0.3 is 9.84 Å². The van der Waals surface area contributed by atoms with Crippen LogP contribution in [0.2, 0.25) is 0 Å². The van der Waals surface area contributed by atoms with Gasteiger partial charge in [0.2, 0.25) is 0 Å². The molecule has 0 bridgehead atoms. The molecule has 104 valence electrons. The van der Waals surface area contributed by atoms with Crippen LogP contribution in [0.1, 0.15) is 24.2 Å². The molecule has 1 aromatic rings. The Hall–Kier alpha value is -1.88. The lowest BCUT2D eigenvalue weighted by Gasteiger charge is -2.21. The molecule has 5 nitrogen and oxygen atoms in total. The van der Waals surface area contributed by atoms with E-state index in [1.807, 2.05) is 0 Å². The lowest BCUT2D eigenvalue weighted by Crippen LogP contribution is -2.38. The van der Waals surface area contributed by atoms with Crippen molar-refractivity contribution >= 4 is 11.8 Å². The average Bonchev–Trinajstić information content (AvgIpc) is 2.37. The van der Waals surface area contributed by atoms with Gasteiger partial charge in [0.05, 0.1) is 5.56 Å². The molecule has 0 spiro atoms. The topological polar surface area (TPSA) is 66.8 Å². The van der Waals surface area contributed by atoms with Crippen LogP contribution < -0.4 is 4.74 Å². The molecule has 1 unspecified atom stereocenters. The van der Waals surface area contributed by atoms with Crippen molar-refractivity contribution in [1.82, 2.24) is 4.90 Å². The molecule has 0 heterocycles. The van der Waals surface area contributed by atoms with Gasteiger partial charge in [-0.3, -0.25) is 14.5 Å². The van der Waals surface area contributed by atoms with Gasteiger partial charge >= 0.3 is 5.97 Å². The zero-order valence-corrected chi connectivity index (χ0v) is 11.4. The number of carbonyl (C=O) groups excluding carboxylic acids is 1. The summed E-state index contributed by atoms with van der Waals surface area (Å²) in [5.41, 5.74) is 0.538. The fraction of sp³-hybridized carbons (Fsp3) is 0.429. The van der Waals surface area contributed by atoms with Crippen LogP contribution in [0.4, 0.5) is 0 Å². The summed E-state index contributed by atoms with van der Waals surface area (Å²) >= 11 is 0. The summed E-state index contributed by atoms with van der Waals surface area (Å²) in [6.07, 6.45) is 0. The van der Waals surface area contributed by atoms with Crippen molar-refractivity contribution in [2.24, 2.45) is 0 Å². The van der Waals surface area contributed by atoms with Crippen LogP contribution in [0.15, 0.2) is 24.3 Å². The number of rotatable bonds is 7. The molecule has 0 radical (unpaired) electrons. The number of hydrogen-bond donors (Lipinski definition) is 1. The summed E-state index contributed by atoms with van der Waals surface area (Å²) < 4.78 is 5.54. The van der Waals surface area contributed by atoms with Gasteiger partial charge in [0.1, 0.15) is 18.4 Å². The first-order valence-electron chi connectivity index (χ1n) is 6.09. The molecule has 1 N–H and O–H groups in total. The number of carboxylic acids is 1. The first kappa shape index (κ1) is 15.2. The molecule has 0 saturated carbocycles. The summed E-state index contributed by atoms with van der Waals surface area (Å²) in [4.78, 5) is 23.9. The summed E-state index contributed by atoms with van der Waals surface area (Å²) in [6, 6.07) is 6.46. The second-order valence-electron chi connectivity index (χ2n) is 4.40. The third-order valence-corrected chi connectivity index (χ3v) is 2.99. The quantitative estimate of drug-likeness (QED) is 0.760. The monoisotopic (exact) mass is 265 g/mol. The molecule has 0 aliphatic heterocycles. The number of aliphatic carboxylic acids is 1. The van der Waals surface area contributed by atoms with Crippen molar-refractivity contribution in [3.05, 3.63) is 29.8 Å². The number of ketones is 1. The highest BCUT2D eigenvalue weighted by Gasteiger charge is 2.16. The largest absolute Gasteiger partial charge is 0.491 e. The van der Waals surface area contributed by atoms with Crippen LogP contribution in [-0.2, 0) is 4.79 Å². The summed E-state index contributed by atoms with van der Waals surface area (Å²) in [6.45, 7) is 3.91. The van der Waals surface area contributed by atoms with Crippen LogP contribution in [-0.4, -0.2) is 48.0 Å². The van der Waals surface area contributed by atoms with Crippen LogP contribution in [0.5, 0.6) is 5.75 Å². The van der Waals surface area contributed by atoms with E-state index in [2.05, 4.69) is 0 Å². The molecule has 0 aromatic heterocycles. The molecule has 0 amide bonds. The van der Waals surface area contributed by atoms with Crippen LogP contribution in [0, 0.1) is 0 Å². The standard InChI is InChI=1S/C14H19NO4/c1-10(14(17)18)15(3)8-9-19-13-7-5-4-6-12(13)11(2)16/h4-7,10H,8-9H2,1-3H3,(H,17,18). The van der Waals surface area contributed by atoms with Gasteiger partial charge in [-0.25, -0.2) is 0 Å². The van der Waals surface area contributed by atoms with Crippen LogP contribution in [0.3, 0.4) is 0 Å². The van der Waals surface area contributed by atoms with Gasteiger partial charge in [-0.15, -0.1) is 0 Å². The molecule has 0 saturated heterocycles. The van der Waals surface area contributed by atoms with Gasteiger partial charge in [-0.1, -0.05) is 12.1 Å². The fourth-order valence-corrected chi connectivity index (χ4v) is 1.57. The number of likely N-dealkylation sites (N-methyl/N-ethyl adjacent to an activating group) is 1. The predicted octanol–water partition coefficient (Wildman–Crippen LogP) is 1.67. The molecule has 0 aliphatic carbocycles. The maximum Gasteiger partial charge on any atom is 0.320 e. The maximum atomic E-state index is 11.4. The minimum atomic E-state index is -0.869. The zero-order chi connectivity index (χ0) is 14.4. The first-order chi connectivity index (χ1) is 8.93. The second kappa shape index (κ2) is 6.89. The van der Waals surface area contributed by atoms with Gasteiger partial charge in [-0.2, -0.15) is 0 Å². The summed E-state index contributed by atoms with van der Waals surface area (Å²) in [7, 11) is 1.72. The average molecular weight is 265 g/mol.